The lowest BCUT2D eigenvalue weighted by Crippen LogP contribution is -2.61. The van der Waals surface area contributed by atoms with Crippen LogP contribution in [0.4, 0.5) is 8.78 Å². The van der Waals surface area contributed by atoms with Crippen LogP contribution in [0, 0.1) is 0 Å². The minimum absolute atomic E-state index is 0.137. The molecule has 1 amide bonds. The smallest absolute Gasteiger partial charge is 0.298 e. The van der Waals surface area contributed by atoms with Gasteiger partial charge < -0.3 is 20.1 Å². The monoisotopic (exact) mass is 703 g/mol. The van der Waals surface area contributed by atoms with E-state index in [-0.39, 0.29) is 35.7 Å². The number of halogens is 2. The number of nitrogens with two attached hydrogens (primary N) is 1. The number of ether oxygens (including phenoxy) is 2. The number of carbonyl (C=O) groups is 1. The third-order valence-corrected chi connectivity index (χ3v) is 12.3. The second kappa shape index (κ2) is 13.9. The SMILES string of the molecule is CN(C(C(=O)N1C2CCC1CC(N)C2)C(F)(F)c1ccc(OCc2ccccc2)cc1)S(=O)(=O)c1ccc2cc(OC3CCCC3)ccc2c1. The van der Waals surface area contributed by atoms with Crippen LogP contribution >= 0.6 is 0 Å². The Morgan fingerprint density at radius 1 is 0.880 bits per heavy atom. The maximum absolute atomic E-state index is 16.9. The molecule has 2 aliphatic heterocycles. The van der Waals surface area contributed by atoms with Gasteiger partial charge in [-0.05, 0) is 116 Å². The highest BCUT2D eigenvalue weighted by Crippen LogP contribution is 2.42. The summed E-state index contributed by atoms with van der Waals surface area (Å²) in [6, 6.07) is 21.5. The largest absolute Gasteiger partial charge is 0.490 e. The topological polar surface area (TPSA) is 102 Å². The van der Waals surface area contributed by atoms with Gasteiger partial charge in [0, 0.05) is 30.7 Å². The Morgan fingerprint density at radius 3 is 2.18 bits per heavy atom. The normalized spacial score (nSPS) is 21.9. The first-order chi connectivity index (χ1) is 24.0. The molecule has 11 heteroatoms. The molecule has 1 saturated carbocycles. The van der Waals surface area contributed by atoms with Crippen molar-refractivity contribution in [3.63, 3.8) is 0 Å². The lowest BCUT2D eigenvalue weighted by Gasteiger charge is -2.42. The first-order valence-corrected chi connectivity index (χ1v) is 18.9. The predicted molar refractivity (Wildman–Crippen MR) is 188 cm³/mol. The molecule has 3 unspecified atom stereocenters. The summed E-state index contributed by atoms with van der Waals surface area (Å²) in [5.41, 5.74) is 6.67. The van der Waals surface area contributed by atoms with E-state index in [1.807, 2.05) is 36.4 Å². The number of sulfonamides is 1. The predicted octanol–water partition coefficient (Wildman–Crippen LogP) is 7.00. The Bertz CT molecular complexity index is 1920. The lowest BCUT2D eigenvalue weighted by molar-refractivity contribution is -0.155. The summed E-state index contributed by atoms with van der Waals surface area (Å²) in [7, 11) is -3.51. The fourth-order valence-electron chi connectivity index (χ4n) is 7.87. The molecule has 3 aliphatic rings. The molecule has 0 radical (unpaired) electrons. The van der Waals surface area contributed by atoms with Crippen molar-refractivity contribution in [2.75, 3.05) is 7.05 Å². The Hall–Kier alpha value is -4.06. The summed E-state index contributed by atoms with van der Waals surface area (Å²) in [6.07, 6.45) is 6.71. The molecular weight excluding hydrogens is 661 g/mol. The van der Waals surface area contributed by atoms with Gasteiger partial charge in [0.1, 0.15) is 18.1 Å². The Labute approximate surface area is 292 Å². The van der Waals surface area contributed by atoms with Gasteiger partial charge in [0.15, 0.2) is 6.04 Å². The van der Waals surface area contributed by atoms with E-state index in [9.17, 15) is 13.2 Å². The van der Waals surface area contributed by atoms with Crippen LogP contribution in [0.2, 0.25) is 0 Å². The van der Waals surface area contributed by atoms with Gasteiger partial charge in [-0.2, -0.15) is 13.1 Å². The summed E-state index contributed by atoms with van der Waals surface area (Å²) in [5.74, 6) is -3.73. The van der Waals surface area contributed by atoms with Crippen LogP contribution in [-0.2, 0) is 27.3 Å². The van der Waals surface area contributed by atoms with E-state index in [2.05, 4.69) is 0 Å². The second-order valence-electron chi connectivity index (χ2n) is 13.9. The van der Waals surface area contributed by atoms with Crippen molar-refractivity contribution in [1.29, 1.82) is 0 Å². The minimum Gasteiger partial charge on any atom is -0.490 e. The van der Waals surface area contributed by atoms with Gasteiger partial charge in [-0.1, -0.05) is 42.5 Å². The van der Waals surface area contributed by atoms with Crippen molar-refractivity contribution >= 4 is 26.7 Å². The van der Waals surface area contributed by atoms with Crippen molar-refractivity contribution in [2.24, 2.45) is 5.73 Å². The minimum atomic E-state index is -4.58. The zero-order chi connectivity index (χ0) is 35.0. The van der Waals surface area contributed by atoms with E-state index in [1.165, 1.54) is 41.3 Å². The molecule has 2 N–H and O–H groups in total. The van der Waals surface area contributed by atoms with Gasteiger partial charge in [0.25, 0.3) is 5.92 Å². The zero-order valence-electron chi connectivity index (χ0n) is 28.1. The van der Waals surface area contributed by atoms with Gasteiger partial charge in [-0.25, -0.2) is 8.42 Å². The molecule has 4 aromatic carbocycles. The summed E-state index contributed by atoms with van der Waals surface area (Å²) >= 11 is 0. The number of amides is 1. The van der Waals surface area contributed by atoms with Crippen LogP contribution in [0.1, 0.15) is 62.5 Å². The number of likely N-dealkylation sites (N-methyl/N-ethyl adjacent to an activating group) is 1. The summed E-state index contributed by atoms with van der Waals surface area (Å²) < 4.78 is 74.7. The summed E-state index contributed by atoms with van der Waals surface area (Å²) in [4.78, 5) is 15.7. The van der Waals surface area contributed by atoms with E-state index >= 15 is 8.78 Å². The van der Waals surface area contributed by atoms with Gasteiger partial charge in [0.05, 0.1) is 11.0 Å². The third kappa shape index (κ3) is 6.83. The Kier molecular flexibility index (Phi) is 9.58. The van der Waals surface area contributed by atoms with Crippen molar-refractivity contribution in [3.8, 4) is 11.5 Å². The molecule has 7 rings (SSSR count). The van der Waals surface area contributed by atoms with Gasteiger partial charge in [0.2, 0.25) is 15.9 Å². The molecule has 0 aromatic heterocycles. The number of rotatable bonds is 11. The number of fused-ring (bicyclic) bond motifs is 3. The fourth-order valence-corrected chi connectivity index (χ4v) is 9.22. The molecule has 2 heterocycles. The maximum Gasteiger partial charge on any atom is 0.298 e. The van der Waals surface area contributed by atoms with Crippen molar-refractivity contribution in [2.45, 2.75) is 99.1 Å². The van der Waals surface area contributed by atoms with Crippen molar-refractivity contribution < 1.29 is 31.5 Å². The highest BCUT2D eigenvalue weighted by molar-refractivity contribution is 7.89. The maximum atomic E-state index is 16.9. The molecule has 0 spiro atoms. The number of carbonyl (C=O) groups excluding carboxylic acids is 1. The van der Waals surface area contributed by atoms with E-state index in [1.54, 1.807) is 18.2 Å². The molecule has 2 bridgehead atoms. The van der Waals surface area contributed by atoms with E-state index in [0.717, 1.165) is 43.7 Å². The van der Waals surface area contributed by atoms with Crippen LogP contribution in [0.15, 0.2) is 95.9 Å². The van der Waals surface area contributed by atoms with Gasteiger partial charge in [-0.3, -0.25) is 4.79 Å². The van der Waals surface area contributed by atoms with E-state index in [0.29, 0.717) is 46.9 Å². The molecule has 2 saturated heterocycles. The first kappa shape index (κ1) is 34.4. The van der Waals surface area contributed by atoms with Crippen LogP contribution in [0.25, 0.3) is 10.8 Å². The lowest BCUT2D eigenvalue weighted by atomic mass is 9.94. The molecule has 50 heavy (non-hydrogen) atoms. The van der Waals surface area contributed by atoms with E-state index in [4.69, 9.17) is 15.2 Å². The molecule has 3 atom stereocenters. The number of alkyl halides is 2. The highest BCUT2D eigenvalue weighted by atomic mass is 32.2. The number of nitrogens with zero attached hydrogens (tertiary/aromatic N) is 2. The van der Waals surface area contributed by atoms with Crippen LogP contribution < -0.4 is 15.2 Å². The molecule has 3 fully saturated rings. The number of benzene rings is 4. The first-order valence-electron chi connectivity index (χ1n) is 17.4. The van der Waals surface area contributed by atoms with Crippen LogP contribution in [-0.4, -0.2) is 60.8 Å². The summed E-state index contributed by atoms with van der Waals surface area (Å²) in [5, 5.41) is 1.37. The highest BCUT2D eigenvalue weighted by Gasteiger charge is 2.56. The molecule has 4 aromatic rings. The van der Waals surface area contributed by atoms with Gasteiger partial charge in [-0.15, -0.1) is 0 Å². The third-order valence-electron chi connectivity index (χ3n) is 10.5. The van der Waals surface area contributed by atoms with Crippen molar-refractivity contribution in [1.82, 2.24) is 9.21 Å². The Balaban J connectivity index is 1.19. The van der Waals surface area contributed by atoms with Crippen LogP contribution in [0.5, 0.6) is 11.5 Å². The molecule has 264 valence electrons. The Morgan fingerprint density at radius 2 is 1.50 bits per heavy atom. The zero-order valence-corrected chi connectivity index (χ0v) is 28.9. The van der Waals surface area contributed by atoms with Crippen LogP contribution in [0.3, 0.4) is 0 Å². The average molecular weight is 704 g/mol. The molecular formula is C39H43F2N3O5S. The van der Waals surface area contributed by atoms with Crippen molar-refractivity contribution in [3.05, 3.63) is 102 Å². The van der Waals surface area contributed by atoms with E-state index < -0.39 is 33.5 Å². The molecule has 1 aliphatic carbocycles. The quantitative estimate of drug-likeness (QED) is 0.181. The van der Waals surface area contributed by atoms with Gasteiger partial charge >= 0.3 is 0 Å². The summed E-state index contributed by atoms with van der Waals surface area (Å²) in [6.45, 7) is 0.249. The molecule has 8 nitrogen and oxygen atoms in total. The number of piperidine rings is 1. The fraction of sp³-hybridized carbons (Fsp3) is 0.410. The second-order valence-corrected chi connectivity index (χ2v) is 15.9. The average Bonchev–Trinajstić information content (AvgIpc) is 3.72. The number of hydrogen-bond acceptors (Lipinski definition) is 6. The standard InChI is InChI=1S/C39H43F2N3O5S/c1-43(50(46,47)36-20-12-27-21-35(17-11-28(27)22-36)49-34-9-5-6-10-34)37(38(45)44-31-15-16-32(44)24-30(42)23-31)39(40,41)29-13-18-33(19-14-29)48-25-26-7-3-2-4-8-26/h2-4,7-8,11-14,17-22,30-32,34,37H,5-6,9-10,15-16,23-25,42H2,1H3. The number of hydrogen-bond donors (Lipinski definition) is 1.